The number of carbonyl (C=O) groups is 1. The third-order valence-corrected chi connectivity index (χ3v) is 2.15. The van der Waals surface area contributed by atoms with Gasteiger partial charge < -0.3 is 15.6 Å². The molecule has 0 bridgehead atoms. The minimum Gasteiger partial charge on any atom is -0.480 e. The number of ether oxygens (including phenoxy) is 1. The summed E-state index contributed by atoms with van der Waals surface area (Å²) in [7, 11) is 0. The Morgan fingerprint density at radius 3 is 2.50 bits per heavy atom. The Morgan fingerprint density at radius 1 is 1.58 bits per heavy atom. The molecule has 1 saturated heterocycles. The minimum absolute atomic E-state index is 0.0699. The van der Waals surface area contributed by atoms with Gasteiger partial charge in [0.15, 0.2) is 0 Å². The molecule has 0 amide bonds. The number of aliphatic carboxylic acids is 1. The number of hydrogen-bond acceptors (Lipinski definition) is 3. The molecule has 1 rings (SSSR count). The predicted octanol–water partition coefficient (Wildman–Crippen LogP) is -0.0830. The molecule has 0 radical (unpaired) electrons. The van der Waals surface area contributed by atoms with Gasteiger partial charge in [-0.25, -0.2) is 4.39 Å². The van der Waals surface area contributed by atoms with Gasteiger partial charge in [-0.3, -0.25) is 4.79 Å². The first-order chi connectivity index (χ1) is 5.56. The highest BCUT2D eigenvalue weighted by Gasteiger charge is 2.42. The van der Waals surface area contributed by atoms with Crippen molar-refractivity contribution < 1.29 is 19.0 Å². The van der Waals surface area contributed by atoms with Crippen LogP contribution in [0.2, 0.25) is 0 Å². The van der Waals surface area contributed by atoms with Crippen LogP contribution in [0.1, 0.15) is 12.8 Å². The van der Waals surface area contributed by atoms with Gasteiger partial charge in [0.1, 0.15) is 11.7 Å². The molecule has 0 aliphatic carbocycles. The van der Waals surface area contributed by atoms with Crippen molar-refractivity contribution in [3.05, 3.63) is 0 Å². The highest BCUT2D eigenvalue weighted by molar-refractivity contribution is 5.74. The van der Waals surface area contributed by atoms with Crippen molar-refractivity contribution in [2.75, 3.05) is 13.2 Å². The first kappa shape index (κ1) is 9.41. The second-order valence-corrected chi connectivity index (χ2v) is 2.96. The Hall–Kier alpha value is -0.680. The molecule has 5 heteroatoms. The normalized spacial score (nSPS) is 24.8. The molecule has 0 spiro atoms. The maximum absolute atomic E-state index is 13.6. The van der Waals surface area contributed by atoms with Gasteiger partial charge >= 0.3 is 5.97 Å². The maximum Gasteiger partial charge on any atom is 0.323 e. The summed E-state index contributed by atoms with van der Waals surface area (Å²) in [4.78, 5) is 10.4. The molecule has 1 heterocycles. The number of rotatable bonds is 2. The van der Waals surface area contributed by atoms with Crippen molar-refractivity contribution in [1.82, 2.24) is 0 Å². The maximum atomic E-state index is 13.6. The lowest BCUT2D eigenvalue weighted by Gasteiger charge is -2.32. The second kappa shape index (κ2) is 3.37. The highest BCUT2D eigenvalue weighted by Crippen LogP contribution is 2.27. The lowest BCUT2D eigenvalue weighted by molar-refractivity contribution is -0.145. The van der Waals surface area contributed by atoms with Gasteiger partial charge in [-0.2, -0.15) is 0 Å². The monoisotopic (exact) mass is 177 g/mol. The minimum atomic E-state index is -1.79. The fourth-order valence-electron chi connectivity index (χ4n) is 1.24. The average molecular weight is 177 g/mol. The summed E-state index contributed by atoms with van der Waals surface area (Å²) in [6.07, 6.45) is 0.140. The van der Waals surface area contributed by atoms with E-state index in [1.54, 1.807) is 0 Å². The zero-order valence-corrected chi connectivity index (χ0v) is 6.62. The SMILES string of the molecule is N[C@@H](C(=O)O)C1(F)CCOCC1. The summed E-state index contributed by atoms with van der Waals surface area (Å²) >= 11 is 0. The molecular weight excluding hydrogens is 165 g/mol. The van der Waals surface area contributed by atoms with E-state index in [1.165, 1.54) is 0 Å². The molecule has 1 aliphatic rings. The third-order valence-electron chi connectivity index (χ3n) is 2.15. The second-order valence-electron chi connectivity index (χ2n) is 2.96. The summed E-state index contributed by atoms with van der Waals surface area (Å²) in [5.74, 6) is -1.29. The van der Waals surface area contributed by atoms with Crippen LogP contribution in [0.5, 0.6) is 0 Å². The van der Waals surface area contributed by atoms with E-state index in [1.807, 2.05) is 0 Å². The summed E-state index contributed by atoms with van der Waals surface area (Å²) in [6.45, 7) is 0.495. The van der Waals surface area contributed by atoms with Crippen LogP contribution in [-0.4, -0.2) is 36.0 Å². The predicted molar refractivity (Wildman–Crippen MR) is 39.5 cm³/mol. The summed E-state index contributed by atoms with van der Waals surface area (Å²) in [5.41, 5.74) is 3.41. The first-order valence-electron chi connectivity index (χ1n) is 3.81. The Balaban J connectivity index is 2.62. The topological polar surface area (TPSA) is 72.6 Å². The number of carboxylic acids is 1. The Morgan fingerprint density at radius 2 is 2.08 bits per heavy atom. The van der Waals surface area contributed by atoms with Crippen LogP contribution >= 0.6 is 0 Å². The third kappa shape index (κ3) is 1.73. The summed E-state index contributed by atoms with van der Waals surface area (Å²) < 4.78 is 18.5. The van der Waals surface area contributed by atoms with E-state index in [2.05, 4.69) is 0 Å². The van der Waals surface area contributed by atoms with E-state index in [0.29, 0.717) is 0 Å². The quantitative estimate of drug-likeness (QED) is 0.618. The lowest BCUT2D eigenvalue weighted by Crippen LogP contribution is -2.52. The summed E-state index contributed by atoms with van der Waals surface area (Å²) in [5, 5.41) is 8.49. The number of nitrogens with two attached hydrogens (primary N) is 1. The molecule has 0 aromatic heterocycles. The van der Waals surface area contributed by atoms with Crippen molar-refractivity contribution in [3.8, 4) is 0 Å². The number of alkyl halides is 1. The van der Waals surface area contributed by atoms with Gasteiger partial charge in [-0.15, -0.1) is 0 Å². The van der Waals surface area contributed by atoms with Crippen LogP contribution in [-0.2, 0) is 9.53 Å². The van der Waals surface area contributed by atoms with Gasteiger partial charge in [0.2, 0.25) is 0 Å². The van der Waals surface area contributed by atoms with E-state index < -0.39 is 17.7 Å². The fourth-order valence-corrected chi connectivity index (χ4v) is 1.24. The zero-order valence-electron chi connectivity index (χ0n) is 6.62. The molecule has 70 valence electrons. The highest BCUT2D eigenvalue weighted by atomic mass is 19.1. The van der Waals surface area contributed by atoms with E-state index in [9.17, 15) is 9.18 Å². The van der Waals surface area contributed by atoms with Gasteiger partial charge in [0, 0.05) is 26.1 Å². The Bertz CT molecular complexity index is 179. The molecule has 0 aromatic rings. The van der Waals surface area contributed by atoms with Crippen LogP contribution in [0.3, 0.4) is 0 Å². The smallest absolute Gasteiger partial charge is 0.323 e. The Kier molecular flexibility index (Phi) is 2.64. The van der Waals surface area contributed by atoms with E-state index in [-0.39, 0.29) is 26.1 Å². The van der Waals surface area contributed by atoms with E-state index >= 15 is 0 Å². The molecule has 3 N–H and O–H groups in total. The molecular formula is C7H12FNO3. The molecule has 12 heavy (non-hydrogen) atoms. The zero-order chi connectivity index (χ0) is 9.19. The van der Waals surface area contributed by atoms with E-state index in [4.69, 9.17) is 15.6 Å². The van der Waals surface area contributed by atoms with Crippen LogP contribution < -0.4 is 5.73 Å². The number of carboxylic acid groups (broad SMARTS) is 1. The molecule has 1 fully saturated rings. The molecule has 1 atom stereocenters. The van der Waals surface area contributed by atoms with Crippen LogP contribution in [0.25, 0.3) is 0 Å². The van der Waals surface area contributed by atoms with Gasteiger partial charge in [0.25, 0.3) is 0 Å². The lowest BCUT2D eigenvalue weighted by atomic mass is 9.89. The summed E-state index contributed by atoms with van der Waals surface area (Å²) in [6, 6.07) is -1.43. The van der Waals surface area contributed by atoms with Crippen molar-refractivity contribution in [1.29, 1.82) is 0 Å². The molecule has 0 unspecified atom stereocenters. The van der Waals surface area contributed by atoms with Gasteiger partial charge in [-0.1, -0.05) is 0 Å². The van der Waals surface area contributed by atoms with Crippen LogP contribution in [0.4, 0.5) is 4.39 Å². The fraction of sp³-hybridized carbons (Fsp3) is 0.857. The largest absolute Gasteiger partial charge is 0.480 e. The van der Waals surface area contributed by atoms with Crippen molar-refractivity contribution in [3.63, 3.8) is 0 Å². The van der Waals surface area contributed by atoms with Gasteiger partial charge in [0.05, 0.1) is 0 Å². The molecule has 1 aliphatic heterocycles. The molecule has 4 nitrogen and oxygen atoms in total. The standard InChI is InChI=1S/C7H12FNO3/c8-7(5(9)6(10)11)1-3-12-4-2-7/h5H,1-4,9H2,(H,10,11)/t5-/m0/s1. The van der Waals surface area contributed by atoms with Crippen LogP contribution in [0.15, 0.2) is 0 Å². The number of halogens is 1. The average Bonchev–Trinajstić information content (AvgIpc) is 2.04. The van der Waals surface area contributed by atoms with Crippen molar-refractivity contribution in [2.24, 2.45) is 5.73 Å². The van der Waals surface area contributed by atoms with Gasteiger partial charge in [-0.05, 0) is 0 Å². The first-order valence-corrected chi connectivity index (χ1v) is 3.81. The van der Waals surface area contributed by atoms with Crippen molar-refractivity contribution >= 4 is 5.97 Å². The van der Waals surface area contributed by atoms with Crippen LogP contribution in [0, 0.1) is 0 Å². The number of hydrogen-bond donors (Lipinski definition) is 2. The molecule has 0 saturated carbocycles. The molecule has 0 aromatic carbocycles. The Labute approximate surface area is 69.5 Å². The van der Waals surface area contributed by atoms with Crippen molar-refractivity contribution in [2.45, 2.75) is 24.6 Å². The van der Waals surface area contributed by atoms with E-state index in [0.717, 1.165) is 0 Å².